The van der Waals surface area contributed by atoms with Gasteiger partial charge in [-0.3, -0.25) is 0 Å². The van der Waals surface area contributed by atoms with E-state index in [9.17, 15) is 0 Å². The molecule has 0 amide bonds. The molecule has 0 bridgehead atoms. The van der Waals surface area contributed by atoms with Gasteiger partial charge >= 0.3 is 0 Å². The van der Waals surface area contributed by atoms with Crippen molar-refractivity contribution in [1.29, 1.82) is 5.26 Å². The normalized spacial score (nSPS) is 40.8. The van der Waals surface area contributed by atoms with Crippen molar-refractivity contribution in [1.82, 2.24) is 0 Å². The fourth-order valence-corrected chi connectivity index (χ4v) is 6.25. The Kier molecular flexibility index (Phi) is 7.06. The number of rotatable bonds is 5. The van der Waals surface area contributed by atoms with Crippen molar-refractivity contribution in [3.8, 4) is 6.07 Å². The van der Waals surface area contributed by atoms with Crippen molar-refractivity contribution < 1.29 is 0 Å². The predicted octanol–water partition coefficient (Wildman–Crippen LogP) is 7.12. The molecule has 0 aromatic rings. The molecule has 0 saturated heterocycles. The van der Waals surface area contributed by atoms with Gasteiger partial charge in [0.25, 0.3) is 0 Å². The molecule has 1 nitrogen and oxygen atoms in total. The molecule has 0 N–H and O–H groups in total. The zero-order valence-corrected chi connectivity index (χ0v) is 16.0. The quantitative estimate of drug-likeness (QED) is 0.526. The van der Waals surface area contributed by atoms with Crippen LogP contribution in [0.1, 0.15) is 103 Å². The standard InChI is InChI=1S/C23H39N/c1-2-3-4-18-5-9-20(10-6-18)22-13-15-23(16-14-22)21-11-7-19(17-24)8-12-21/h18-23H,2-16H2,1H3. The number of unbranched alkanes of at least 4 members (excludes halogenated alkanes) is 1. The molecular weight excluding hydrogens is 290 g/mol. The summed E-state index contributed by atoms with van der Waals surface area (Å²) in [6.07, 6.45) is 21.6. The third kappa shape index (κ3) is 4.77. The summed E-state index contributed by atoms with van der Waals surface area (Å²) in [5.41, 5.74) is 0. The van der Waals surface area contributed by atoms with E-state index in [1.54, 1.807) is 0 Å². The number of hydrogen-bond donors (Lipinski definition) is 0. The fourth-order valence-electron chi connectivity index (χ4n) is 6.25. The van der Waals surface area contributed by atoms with Gasteiger partial charge in [-0.1, -0.05) is 39.0 Å². The van der Waals surface area contributed by atoms with E-state index in [4.69, 9.17) is 5.26 Å². The molecule has 0 heterocycles. The second-order valence-electron chi connectivity index (χ2n) is 9.34. The van der Waals surface area contributed by atoms with Gasteiger partial charge in [-0.2, -0.15) is 5.26 Å². The van der Waals surface area contributed by atoms with E-state index in [1.165, 1.54) is 96.3 Å². The maximum atomic E-state index is 9.08. The summed E-state index contributed by atoms with van der Waals surface area (Å²) in [5.74, 6) is 5.53. The first kappa shape index (κ1) is 18.3. The Labute approximate surface area is 150 Å². The summed E-state index contributed by atoms with van der Waals surface area (Å²) in [5, 5.41) is 9.08. The number of hydrogen-bond acceptors (Lipinski definition) is 1. The van der Waals surface area contributed by atoms with Gasteiger partial charge in [0.1, 0.15) is 0 Å². The first-order valence-corrected chi connectivity index (χ1v) is 11.2. The van der Waals surface area contributed by atoms with Gasteiger partial charge in [0.2, 0.25) is 0 Å². The molecule has 0 aliphatic heterocycles. The van der Waals surface area contributed by atoms with E-state index in [0.29, 0.717) is 5.92 Å². The molecule has 3 aliphatic rings. The Hall–Kier alpha value is -0.510. The van der Waals surface area contributed by atoms with E-state index in [2.05, 4.69) is 13.0 Å². The monoisotopic (exact) mass is 329 g/mol. The van der Waals surface area contributed by atoms with Gasteiger partial charge in [0.15, 0.2) is 0 Å². The number of nitriles is 1. The molecule has 1 heteroatoms. The van der Waals surface area contributed by atoms with Crippen LogP contribution in [0.15, 0.2) is 0 Å². The average Bonchev–Trinajstić information content (AvgIpc) is 2.67. The van der Waals surface area contributed by atoms with Gasteiger partial charge in [-0.05, 0) is 93.8 Å². The molecule has 136 valence electrons. The topological polar surface area (TPSA) is 23.8 Å². The Morgan fingerprint density at radius 1 is 0.667 bits per heavy atom. The van der Waals surface area contributed by atoms with Gasteiger partial charge in [0, 0.05) is 5.92 Å². The van der Waals surface area contributed by atoms with Crippen LogP contribution in [-0.4, -0.2) is 0 Å². The van der Waals surface area contributed by atoms with E-state index in [-0.39, 0.29) is 0 Å². The van der Waals surface area contributed by atoms with E-state index in [0.717, 1.165) is 29.6 Å². The minimum Gasteiger partial charge on any atom is -0.198 e. The van der Waals surface area contributed by atoms with E-state index >= 15 is 0 Å². The fraction of sp³-hybridized carbons (Fsp3) is 0.957. The SMILES string of the molecule is CCCCC1CCC(C2CCC(C3CCC(C#N)CC3)CC2)CC1. The molecular formula is C23H39N. The summed E-state index contributed by atoms with van der Waals surface area (Å²) in [6, 6.07) is 2.49. The molecule has 0 atom stereocenters. The third-order valence-electron chi connectivity index (χ3n) is 7.96. The summed E-state index contributed by atoms with van der Waals surface area (Å²) in [4.78, 5) is 0. The van der Waals surface area contributed by atoms with E-state index in [1.807, 2.05) is 0 Å². The lowest BCUT2D eigenvalue weighted by Crippen LogP contribution is -2.29. The minimum absolute atomic E-state index is 0.375. The van der Waals surface area contributed by atoms with Crippen LogP contribution in [-0.2, 0) is 0 Å². The van der Waals surface area contributed by atoms with Crippen molar-refractivity contribution in [3.63, 3.8) is 0 Å². The molecule has 0 spiro atoms. The summed E-state index contributed by atoms with van der Waals surface area (Å²) >= 11 is 0. The minimum atomic E-state index is 0.375. The van der Waals surface area contributed by atoms with Crippen molar-refractivity contribution in [3.05, 3.63) is 0 Å². The highest BCUT2D eigenvalue weighted by atomic mass is 14.4. The van der Waals surface area contributed by atoms with Crippen molar-refractivity contribution >= 4 is 0 Å². The predicted molar refractivity (Wildman–Crippen MR) is 101 cm³/mol. The lowest BCUT2D eigenvalue weighted by Gasteiger charge is -2.41. The Bertz CT molecular complexity index is 385. The van der Waals surface area contributed by atoms with Crippen LogP contribution in [0.4, 0.5) is 0 Å². The lowest BCUT2D eigenvalue weighted by atomic mass is 9.65. The maximum Gasteiger partial charge on any atom is 0.0655 e. The maximum absolute atomic E-state index is 9.08. The molecule has 0 unspecified atom stereocenters. The first-order valence-electron chi connectivity index (χ1n) is 11.2. The smallest absolute Gasteiger partial charge is 0.0655 e. The van der Waals surface area contributed by atoms with Crippen LogP contribution < -0.4 is 0 Å². The number of nitrogens with zero attached hydrogens (tertiary/aromatic N) is 1. The molecule has 0 aromatic carbocycles. The van der Waals surface area contributed by atoms with Gasteiger partial charge in [-0.25, -0.2) is 0 Å². The highest BCUT2D eigenvalue weighted by molar-refractivity contribution is 4.90. The van der Waals surface area contributed by atoms with Crippen LogP contribution in [0, 0.1) is 46.8 Å². The lowest BCUT2D eigenvalue weighted by molar-refractivity contribution is 0.107. The Morgan fingerprint density at radius 2 is 1.08 bits per heavy atom. The van der Waals surface area contributed by atoms with Crippen LogP contribution in [0.3, 0.4) is 0 Å². The molecule has 0 aromatic heterocycles. The van der Waals surface area contributed by atoms with Gasteiger partial charge < -0.3 is 0 Å². The van der Waals surface area contributed by atoms with Crippen molar-refractivity contribution in [2.24, 2.45) is 35.5 Å². The summed E-state index contributed by atoms with van der Waals surface area (Å²) < 4.78 is 0. The third-order valence-corrected chi connectivity index (χ3v) is 7.96. The highest BCUT2D eigenvalue weighted by Crippen LogP contribution is 2.46. The van der Waals surface area contributed by atoms with Crippen LogP contribution in [0.2, 0.25) is 0 Å². The largest absolute Gasteiger partial charge is 0.198 e. The summed E-state index contributed by atoms with van der Waals surface area (Å²) in [7, 11) is 0. The first-order chi connectivity index (χ1) is 11.8. The molecule has 3 rings (SSSR count). The molecule has 3 fully saturated rings. The second-order valence-corrected chi connectivity index (χ2v) is 9.34. The zero-order valence-electron chi connectivity index (χ0n) is 16.0. The van der Waals surface area contributed by atoms with E-state index < -0.39 is 0 Å². The van der Waals surface area contributed by atoms with Crippen LogP contribution in [0.5, 0.6) is 0 Å². The van der Waals surface area contributed by atoms with Crippen molar-refractivity contribution in [2.75, 3.05) is 0 Å². The highest BCUT2D eigenvalue weighted by Gasteiger charge is 2.34. The van der Waals surface area contributed by atoms with Gasteiger partial charge in [-0.15, -0.1) is 0 Å². The van der Waals surface area contributed by atoms with Crippen LogP contribution in [0.25, 0.3) is 0 Å². The summed E-state index contributed by atoms with van der Waals surface area (Å²) in [6.45, 7) is 2.33. The molecule has 24 heavy (non-hydrogen) atoms. The Morgan fingerprint density at radius 3 is 1.50 bits per heavy atom. The molecule has 0 radical (unpaired) electrons. The second kappa shape index (κ2) is 9.26. The van der Waals surface area contributed by atoms with Gasteiger partial charge in [0.05, 0.1) is 6.07 Å². The average molecular weight is 330 g/mol. The molecule has 3 saturated carbocycles. The zero-order chi connectivity index (χ0) is 16.8. The van der Waals surface area contributed by atoms with Crippen LogP contribution >= 0.6 is 0 Å². The van der Waals surface area contributed by atoms with Crippen molar-refractivity contribution in [2.45, 2.75) is 103 Å². The Balaban J connectivity index is 1.36. The molecule has 3 aliphatic carbocycles.